The first kappa shape index (κ1) is 27.5. The van der Waals surface area contributed by atoms with Gasteiger partial charge in [0.15, 0.2) is 0 Å². The van der Waals surface area contributed by atoms with E-state index in [9.17, 15) is 14.4 Å². The number of nitrogens with zero attached hydrogens (tertiary/aromatic N) is 1. The first-order valence-corrected chi connectivity index (χ1v) is 11.6. The van der Waals surface area contributed by atoms with Gasteiger partial charge in [-0.1, -0.05) is 74.9 Å². The number of hydrogen-bond acceptors (Lipinski definition) is 4. The van der Waals surface area contributed by atoms with Crippen LogP contribution in [0.25, 0.3) is 0 Å². The van der Waals surface area contributed by atoms with Crippen LogP contribution in [0.1, 0.15) is 57.4 Å². The zero-order chi connectivity index (χ0) is 26.2. The number of aryl methyl sites for hydroxylation is 1. The summed E-state index contributed by atoms with van der Waals surface area (Å²) in [5.74, 6) is -1.30. The maximum atomic E-state index is 13.7. The highest BCUT2D eigenvalue weighted by molar-refractivity contribution is 5.93. The number of benzene rings is 2. The average Bonchev–Trinajstić information content (AvgIpc) is 2.79. The number of carbonyl (C=O) groups excluding carboxylic acids is 3. The molecule has 7 nitrogen and oxygen atoms in total. The van der Waals surface area contributed by atoms with Gasteiger partial charge in [0.1, 0.15) is 17.7 Å². The smallest absolute Gasteiger partial charge is 0.408 e. The van der Waals surface area contributed by atoms with Crippen molar-refractivity contribution in [2.45, 2.75) is 65.8 Å². The molecule has 186 valence electrons. The highest BCUT2D eigenvalue weighted by Crippen LogP contribution is 2.26. The molecule has 0 saturated heterocycles. The number of alkyl carbamates (subject to hydrolysis) is 1. The Balaban J connectivity index is 2.38. The second-order valence-corrected chi connectivity index (χ2v) is 9.67. The van der Waals surface area contributed by atoms with E-state index >= 15 is 0 Å². The minimum absolute atomic E-state index is 0.276. The molecule has 2 N–H and O–H groups in total. The van der Waals surface area contributed by atoms with E-state index in [0.29, 0.717) is 5.56 Å². The largest absolute Gasteiger partial charge is 0.444 e. The topological polar surface area (TPSA) is 87.7 Å². The lowest BCUT2D eigenvalue weighted by Gasteiger charge is -2.32. The molecule has 2 aromatic rings. The van der Waals surface area contributed by atoms with Crippen molar-refractivity contribution in [1.82, 2.24) is 15.5 Å². The summed E-state index contributed by atoms with van der Waals surface area (Å²) in [6.07, 6.45) is 5.07. The second kappa shape index (κ2) is 12.1. The first-order chi connectivity index (χ1) is 16.4. The average molecular weight is 478 g/mol. The Bertz CT molecular complexity index is 1070. The molecule has 0 heterocycles. The third-order valence-electron chi connectivity index (χ3n) is 5.28. The van der Waals surface area contributed by atoms with Gasteiger partial charge in [-0.2, -0.15) is 0 Å². The van der Waals surface area contributed by atoms with Crippen molar-refractivity contribution in [3.05, 3.63) is 71.3 Å². The van der Waals surface area contributed by atoms with Crippen LogP contribution in [-0.2, 0) is 20.9 Å². The lowest BCUT2D eigenvalue weighted by Crippen LogP contribution is -2.53. The van der Waals surface area contributed by atoms with Crippen molar-refractivity contribution in [3.8, 4) is 12.5 Å². The number of ether oxygens (including phenoxy) is 1. The van der Waals surface area contributed by atoms with E-state index in [1.165, 1.54) is 0 Å². The van der Waals surface area contributed by atoms with Crippen LogP contribution in [0.5, 0.6) is 0 Å². The summed E-state index contributed by atoms with van der Waals surface area (Å²) in [7, 11) is 0. The molecule has 0 bridgehead atoms. The summed E-state index contributed by atoms with van der Waals surface area (Å²) in [6, 6.07) is 17.0. The van der Waals surface area contributed by atoms with Crippen LogP contribution in [-0.4, -0.2) is 34.5 Å². The van der Waals surface area contributed by atoms with Gasteiger partial charge >= 0.3 is 6.09 Å². The van der Waals surface area contributed by atoms with Gasteiger partial charge in [-0.25, -0.2) is 4.79 Å². The number of rotatable bonds is 8. The molecule has 0 aliphatic carbocycles. The molecule has 3 amide bonds. The van der Waals surface area contributed by atoms with Crippen molar-refractivity contribution in [2.24, 2.45) is 5.92 Å². The third-order valence-corrected chi connectivity index (χ3v) is 5.28. The van der Waals surface area contributed by atoms with E-state index in [2.05, 4.69) is 16.7 Å². The summed E-state index contributed by atoms with van der Waals surface area (Å²) in [5, 5.41) is 5.52. The van der Waals surface area contributed by atoms with E-state index in [4.69, 9.17) is 11.2 Å². The SMILES string of the molecule is C#CN(C(=O)C(NC(=O)OC(C)(C)C)C(C)C)C(C(=O)NCc1ccccc1)c1ccccc1C. The molecule has 0 spiro atoms. The van der Waals surface area contributed by atoms with E-state index < -0.39 is 35.6 Å². The molecule has 0 aliphatic heterocycles. The van der Waals surface area contributed by atoms with Crippen LogP contribution in [0.4, 0.5) is 4.79 Å². The van der Waals surface area contributed by atoms with Crippen LogP contribution in [0.15, 0.2) is 54.6 Å². The number of nitrogens with one attached hydrogen (secondary N) is 2. The molecule has 0 radical (unpaired) electrons. The molecule has 0 saturated carbocycles. The van der Waals surface area contributed by atoms with Gasteiger partial charge in [0.2, 0.25) is 5.91 Å². The molecule has 2 unspecified atom stereocenters. The minimum atomic E-state index is -1.08. The molecule has 35 heavy (non-hydrogen) atoms. The van der Waals surface area contributed by atoms with Crippen molar-refractivity contribution in [2.75, 3.05) is 0 Å². The molecule has 7 heteroatoms. The normalized spacial score (nSPS) is 12.7. The molecule has 0 aromatic heterocycles. The van der Waals surface area contributed by atoms with Gasteiger partial charge in [-0.15, -0.1) is 0 Å². The Morgan fingerprint density at radius 1 is 1.03 bits per heavy atom. The summed E-state index contributed by atoms with van der Waals surface area (Å²) in [6.45, 7) is 10.9. The summed E-state index contributed by atoms with van der Waals surface area (Å²) in [5.41, 5.74) is 1.59. The highest BCUT2D eigenvalue weighted by Gasteiger charge is 2.37. The van der Waals surface area contributed by atoms with Gasteiger partial charge in [0, 0.05) is 12.6 Å². The Morgan fingerprint density at radius 3 is 2.17 bits per heavy atom. The van der Waals surface area contributed by atoms with E-state index in [0.717, 1.165) is 16.0 Å². The fourth-order valence-corrected chi connectivity index (χ4v) is 3.54. The summed E-state index contributed by atoms with van der Waals surface area (Å²) < 4.78 is 5.33. The van der Waals surface area contributed by atoms with Crippen molar-refractivity contribution >= 4 is 17.9 Å². The zero-order valence-corrected chi connectivity index (χ0v) is 21.3. The predicted molar refractivity (Wildman–Crippen MR) is 136 cm³/mol. The van der Waals surface area contributed by atoms with Gasteiger partial charge in [-0.05, 0) is 50.3 Å². The number of carbonyl (C=O) groups is 3. The van der Waals surface area contributed by atoms with Crippen LogP contribution < -0.4 is 10.6 Å². The third kappa shape index (κ3) is 7.89. The quantitative estimate of drug-likeness (QED) is 0.438. The van der Waals surface area contributed by atoms with E-state index in [-0.39, 0.29) is 12.5 Å². The fraction of sp³-hybridized carbons (Fsp3) is 0.393. The van der Waals surface area contributed by atoms with Crippen LogP contribution in [0.2, 0.25) is 0 Å². The number of terminal acetylenes is 1. The summed E-state index contributed by atoms with van der Waals surface area (Å²) >= 11 is 0. The standard InChI is InChI=1S/C28H35N3O4/c1-8-31(26(33)23(19(2)3)30-27(34)35-28(5,6)7)24(22-17-13-12-14-20(22)4)25(32)29-18-21-15-10-9-11-16-21/h1,9-17,19,23-24H,18H2,2-7H3,(H,29,32)(H,30,34). The van der Waals surface area contributed by atoms with Crippen LogP contribution in [0.3, 0.4) is 0 Å². The summed E-state index contributed by atoms with van der Waals surface area (Å²) in [4.78, 5) is 40.6. The monoisotopic (exact) mass is 477 g/mol. The molecule has 2 atom stereocenters. The zero-order valence-electron chi connectivity index (χ0n) is 21.3. The molecular formula is C28H35N3O4. The molecule has 2 rings (SSSR count). The Kier molecular flexibility index (Phi) is 9.47. The molecular weight excluding hydrogens is 442 g/mol. The number of amides is 3. The van der Waals surface area contributed by atoms with Gasteiger partial charge in [0.05, 0.1) is 0 Å². The molecule has 0 aliphatic rings. The maximum absolute atomic E-state index is 13.7. The second-order valence-electron chi connectivity index (χ2n) is 9.67. The van der Waals surface area contributed by atoms with Crippen LogP contribution in [0, 0.1) is 25.3 Å². The minimum Gasteiger partial charge on any atom is -0.444 e. The Labute approximate surface area is 208 Å². The van der Waals surface area contributed by atoms with Crippen molar-refractivity contribution < 1.29 is 19.1 Å². The highest BCUT2D eigenvalue weighted by atomic mass is 16.6. The first-order valence-electron chi connectivity index (χ1n) is 11.6. The lowest BCUT2D eigenvalue weighted by atomic mass is 9.96. The molecule has 0 fully saturated rings. The van der Waals surface area contributed by atoms with E-state index in [1.54, 1.807) is 46.8 Å². The lowest BCUT2D eigenvalue weighted by molar-refractivity contribution is -0.139. The fourth-order valence-electron chi connectivity index (χ4n) is 3.54. The number of hydrogen-bond donors (Lipinski definition) is 2. The van der Waals surface area contributed by atoms with Gasteiger partial charge in [0.25, 0.3) is 5.91 Å². The Morgan fingerprint density at radius 2 is 1.63 bits per heavy atom. The predicted octanol–water partition coefficient (Wildman–Crippen LogP) is 4.32. The van der Waals surface area contributed by atoms with Crippen LogP contribution >= 0.6 is 0 Å². The maximum Gasteiger partial charge on any atom is 0.408 e. The van der Waals surface area contributed by atoms with Gasteiger partial charge < -0.3 is 15.4 Å². The Hall–Kier alpha value is -3.79. The van der Waals surface area contributed by atoms with Gasteiger partial charge in [-0.3, -0.25) is 14.5 Å². The van der Waals surface area contributed by atoms with Crippen molar-refractivity contribution in [3.63, 3.8) is 0 Å². The molecule has 2 aromatic carbocycles. The van der Waals surface area contributed by atoms with Crippen molar-refractivity contribution in [1.29, 1.82) is 0 Å². The van der Waals surface area contributed by atoms with E-state index in [1.807, 2.05) is 49.4 Å².